The zero-order chi connectivity index (χ0) is 23.6. The van der Waals surface area contributed by atoms with Gasteiger partial charge in [-0.05, 0) is 51.3 Å². The lowest BCUT2D eigenvalue weighted by molar-refractivity contribution is -0.00177. The number of amides is 1. The molecule has 33 heavy (non-hydrogen) atoms. The van der Waals surface area contributed by atoms with Crippen LogP contribution in [0.5, 0.6) is 0 Å². The third-order valence-corrected chi connectivity index (χ3v) is 6.52. The van der Waals surface area contributed by atoms with E-state index in [1.165, 1.54) is 20.0 Å². The van der Waals surface area contributed by atoms with Crippen LogP contribution in [0.2, 0.25) is 0 Å². The van der Waals surface area contributed by atoms with Gasteiger partial charge in [0.15, 0.2) is 0 Å². The van der Waals surface area contributed by atoms with Crippen molar-refractivity contribution >= 4 is 44.7 Å². The van der Waals surface area contributed by atoms with Crippen molar-refractivity contribution in [3.05, 3.63) is 41.5 Å². The van der Waals surface area contributed by atoms with E-state index in [9.17, 15) is 19.4 Å². The lowest BCUT2D eigenvalue weighted by Crippen LogP contribution is -2.42. The van der Waals surface area contributed by atoms with E-state index >= 15 is 0 Å². The number of carbonyl (C=O) groups excluding carboxylic acids is 1. The standard InChI is InChI=1S/C23H28FN5O3S/c1-23(2,32)20(24)11-26-22(31)16-10-25-21(9-18(16)28-13-3-5-15(30)7-13)29-14-4-6-17-19(8-14)33-12-27-17/h4,6,8-10,12-13,15,20,30,32H,3,5,7,11H2,1-2H3,(H,26,31)(H2,25,28,29)/t13?,15?,20-/m1/s1. The summed E-state index contributed by atoms with van der Waals surface area (Å²) in [4.78, 5) is 21.5. The van der Waals surface area contributed by atoms with Crippen molar-refractivity contribution in [2.75, 3.05) is 17.2 Å². The number of alkyl halides is 1. The summed E-state index contributed by atoms with van der Waals surface area (Å²) >= 11 is 1.54. The van der Waals surface area contributed by atoms with Crippen LogP contribution in [-0.2, 0) is 0 Å². The van der Waals surface area contributed by atoms with Crippen LogP contribution in [0.25, 0.3) is 10.2 Å². The molecule has 1 aliphatic rings. The van der Waals surface area contributed by atoms with Gasteiger partial charge in [-0.3, -0.25) is 4.79 Å². The number of aliphatic hydroxyl groups excluding tert-OH is 1. The number of thiazole rings is 1. The molecule has 1 amide bonds. The van der Waals surface area contributed by atoms with Crippen molar-refractivity contribution in [1.29, 1.82) is 0 Å². The minimum Gasteiger partial charge on any atom is -0.393 e. The fraction of sp³-hybridized carbons (Fsp3) is 0.435. The number of pyridine rings is 1. The molecule has 5 N–H and O–H groups in total. The molecule has 176 valence electrons. The Kier molecular flexibility index (Phi) is 6.78. The predicted molar refractivity (Wildman–Crippen MR) is 128 cm³/mol. The molecule has 1 aromatic carbocycles. The predicted octanol–water partition coefficient (Wildman–Crippen LogP) is 3.60. The van der Waals surface area contributed by atoms with Crippen LogP contribution in [0.3, 0.4) is 0 Å². The molecular weight excluding hydrogens is 445 g/mol. The van der Waals surface area contributed by atoms with Crippen molar-refractivity contribution in [2.45, 2.75) is 57.0 Å². The maximum absolute atomic E-state index is 14.1. The Morgan fingerprint density at radius 3 is 2.85 bits per heavy atom. The summed E-state index contributed by atoms with van der Waals surface area (Å²) < 4.78 is 15.2. The van der Waals surface area contributed by atoms with Crippen molar-refractivity contribution in [3.8, 4) is 0 Å². The van der Waals surface area contributed by atoms with E-state index < -0.39 is 17.7 Å². The molecule has 2 aromatic heterocycles. The molecule has 0 spiro atoms. The Morgan fingerprint density at radius 1 is 1.30 bits per heavy atom. The average molecular weight is 474 g/mol. The summed E-state index contributed by atoms with van der Waals surface area (Å²) in [5, 5.41) is 28.8. The molecule has 0 radical (unpaired) electrons. The minimum atomic E-state index is -1.61. The van der Waals surface area contributed by atoms with Crippen LogP contribution in [0, 0.1) is 0 Å². The maximum Gasteiger partial charge on any atom is 0.255 e. The minimum absolute atomic E-state index is 0.0145. The van der Waals surface area contributed by atoms with Crippen molar-refractivity contribution < 1.29 is 19.4 Å². The SMILES string of the molecule is CC(C)(O)[C@H](F)CNC(=O)c1cnc(Nc2ccc3ncsc3c2)cc1NC1CCC(O)C1. The molecule has 0 saturated heterocycles. The second-order valence-corrected chi connectivity index (χ2v) is 9.80. The molecule has 2 unspecified atom stereocenters. The highest BCUT2D eigenvalue weighted by atomic mass is 32.1. The fourth-order valence-corrected chi connectivity index (χ4v) is 4.46. The third-order valence-electron chi connectivity index (χ3n) is 5.73. The van der Waals surface area contributed by atoms with E-state index in [-0.39, 0.29) is 24.3 Å². The van der Waals surface area contributed by atoms with Crippen LogP contribution in [0.1, 0.15) is 43.5 Å². The lowest BCUT2D eigenvalue weighted by atomic mass is 10.0. The number of nitrogens with zero attached hydrogens (tertiary/aromatic N) is 2. The number of hydrogen-bond donors (Lipinski definition) is 5. The topological polar surface area (TPSA) is 119 Å². The van der Waals surface area contributed by atoms with E-state index in [1.54, 1.807) is 22.9 Å². The summed E-state index contributed by atoms with van der Waals surface area (Å²) in [6, 6.07) is 7.56. The molecule has 0 aliphatic heterocycles. The fourth-order valence-electron chi connectivity index (χ4n) is 3.74. The van der Waals surface area contributed by atoms with Gasteiger partial charge >= 0.3 is 0 Å². The van der Waals surface area contributed by atoms with Gasteiger partial charge < -0.3 is 26.2 Å². The average Bonchev–Trinajstić information content (AvgIpc) is 3.39. The second-order valence-electron chi connectivity index (χ2n) is 8.91. The van der Waals surface area contributed by atoms with E-state index in [0.717, 1.165) is 22.3 Å². The molecular formula is C23H28FN5O3S. The molecule has 3 atom stereocenters. The normalized spacial score (nSPS) is 19.4. The zero-order valence-corrected chi connectivity index (χ0v) is 19.3. The summed E-state index contributed by atoms with van der Waals surface area (Å²) in [5.41, 5.74) is 2.80. The van der Waals surface area contributed by atoms with Crippen LogP contribution in [0.15, 0.2) is 36.0 Å². The summed E-state index contributed by atoms with van der Waals surface area (Å²) in [7, 11) is 0. The molecule has 8 nitrogen and oxygen atoms in total. The first-order valence-electron chi connectivity index (χ1n) is 10.9. The van der Waals surface area contributed by atoms with Gasteiger partial charge in [0.05, 0.1) is 45.2 Å². The van der Waals surface area contributed by atoms with Gasteiger partial charge in [-0.15, -0.1) is 11.3 Å². The van der Waals surface area contributed by atoms with Gasteiger partial charge in [-0.25, -0.2) is 14.4 Å². The summed E-state index contributed by atoms with van der Waals surface area (Å²) in [6.45, 7) is 2.39. The number of fused-ring (bicyclic) bond motifs is 1. The maximum atomic E-state index is 14.1. The van der Waals surface area contributed by atoms with Gasteiger partial charge in [-0.2, -0.15) is 0 Å². The van der Waals surface area contributed by atoms with E-state index in [1.807, 2.05) is 18.2 Å². The smallest absolute Gasteiger partial charge is 0.255 e. The Morgan fingerprint density at radius 2 is 2.12 bits per heavy atom. The van der Waals surface area contributed by atoms with E-state index in [0.29, 0.717) is 24.3 Å². The Labute approximate surface area is 195 Å². The van der Waals surface area contributed by atoms with Crippen molar-refractivity contribution in [1.82, 2.24) is 15.3 Å². The Bertz CT molecular complexity index is 1130. The quantitative estimate of drug-likeness (QED) is 0.339. The number of hydrogen-bond acceptors (Lipinski definition) is 8. The van der Waals surface area contributed by atoms with Crippen LogP contribution in [0.4, 0.5) is 21.6 Å². The summed E-state index contributed by atoms with van der Waals surface area (Å²) in [6.07, 6.45) is 1.51. The number of aromatic nitrogens is 2. The Hall–Kier alpha value is -2.82. The number of anilines is 3. The van der Waals surface area contributed by atoms with Gasteiger partial charge in [0.2, 0.25) is 0 Å². The van der Waals surface area contributed by atoms with Crippen LogP contribution in [-0.4, -0.2) is 56.6 Å². The number of carbonyl (C=O) groups is 1. The first-order valence-corrected chi connectivity index (χ1v) is 11.8. The first-order chi connectivity index (χ1) is 15.7. The summed E-state index contributed by atoms with van der Waals surface area (Å²) in [5.74, 6) is 0.0457. The first kappa shape index (κ1) is 23.3. The van der Waals surface area contributed by atoms with Crippen LogP contribution >= 0.6 is 11.3 Å². The molecule has 1 saturated carbocycles. The highest BCUT2D eigenvalue weighted by Crippen LogP contribution is 2.29. The monoisotopic (exact) mass is 473 g/mol. The van der Waals surface area contributed by atoms with Gasteiger partial charge in [0.25, 0.3) is 5.91 Å². The van der Waals surface area contributed by atoms with Gasteiger partial charge in [-0.1, -0.05) is 0 Å². The number of benzene rings is 1. The highest BCUT2D eigenvalue weighted by molar-refractivity contribution is 7.16. The second kappa shape index (κ2) is 9.58. The molecule has 0 bridgehead atoms. The van der Waals surface area contributed by atoms with E-state index in [4.69, 9.17) is 0 Å². The molecule has 3 aromatic rings. The molecule has 10 heteroatoms. The van der Waals surface area contributed by atoms with E-state index in [2.05, 4.69) is 25.9 Å². The molecule has 2 heterocycles. The van der Waals surface area contributed by atoms with Gasteiger partial charge in [0.1, 0.15) is 12.0 Å². The van der Waals surface area contributed by atoms with Crippen molar-refractivity contribution in [3.63, 3.8) is 0 Å². The lowest BCUT2D eigenvalue weighted by Gasteiger charge is -2.23. The number of rotatable bonds is 8. The van der Waals surface area contributed by atoms with Gasteiger partial charge in [0, 0.05) is 24.0 Å². The zero-order valence-electron chi connectivity index (χ0n) is 18.5. The largest absolute Gasteiger partial charge is 0.393 e. The van der Waals surface area contributed by atoms with Crippen LogP contribution < -0.4 is 16.0 Å². The Balaban J connectivity index is 1.55. The number of halogens is 1. The molecule has 1 fully saturated rings. The highest BCUT2D eigenvalue weighted by Gasteiger charge is 2.28. The number of aliphatic hydroxyl groups is 2. The molecule has 4 rings (SSSR count). The molecule has 1 aliphatic carbocycles. The number of nitrogens with one attached hydrogen (secondary N) is 3. The van der Waals surface area contributed by atoms with Crippen molar-refractivity contribution in [2.24, 2.45) is 0 Å². The third kappa shape index (κ3) is 5.76.